The number of rotatable bonds is 6. The highest BCUT2D eigenvalue weighted by Gasteiger charge is 2.53. The Morgan fingerprint density at radius 3 is 1.45 bits per heavy atom. The molecule has 0 fully saturated rings. The average molecular weight is 817 g/mol. The summed E-state index contributed by atoms with van der Waals surface area (Å²) >= 11 is 0. The molecule has 302 valence electrons. The van der Waals surface area contributed by atoms with Crippen LogP contribution in [0.15, 0.2) is 231 Å². The van der Waals surface area contributed by atoms with Crippen molar-refractivity contribution in [2.24, 2.45) is 0 Å². The van der Waals surface area contributed by atoms with Crippen LogP contribution in [0.3, 0.4) is 0 Å². The van der Waals surface area contributed by atoms with Crippen LogP contribution in [0.5, 0.6) is 0 Å². The van der Waals surface area contributed by atoms with E-state index in [0.29, 0.717) is 0 Å². The zero-order valence-corrected chi connectivity index (χ0v) is 35.8. The lowest BCUT2D eigenvalue weighted by Crippen LogP contribution is -2.26. The summed E-state index contributed by atoms with van der Waals surface area (Å²) in [5.74, 6) is 0. The van der Waals surface area contributed by atoms with Gasteiger partial charge in [-0.1, -0.05) is 184 Å². The molecule has 3 aliphatic carbocycles. The summed E-state index contributed by atoms with van der Waals surface area (Å²) in [6, 6.07) is 85.8. The van der Waals surface area contributed by atoms with Crippen molar-refractivity contribution in [2.75, 3.05) is 9.80 Å². The normalized spacial score (nSPS) is 15.5. The molecule has 0 saturated heterocycles. The summed E-state index contributed by atoms with van der Waals surface area (Å²) < 4.78 is 0. The lowest BCUT2D eigenvalue weighted by Gasteiger charge is -2.33. The Morgan fingerprint density at radius 2 is 0.750 bits per heavy atom. The first-order valence-corrected chi connectivity index (χ1v) is 22.4. The van der Waals surface area contributed by atoms with Crippen LogP contribution in [0, 0.1) is 0 Å². The average Bonchev–Trinajstić information content (AvgIpc) is 3.91. The Kier molecular flexibility index (Phi) is 7.90. The molecule has 0 radical (unpaired) electrons. The Labute approximate surface area is 375 Å². The molecule has 0 amide bonds. The molecule has 13 rings (SSSR count). The van der Waals surface area contributed by atoms with E-state index in [2.05, 4.69) is 254 Å². The van der Waals surface area contributed by atoms with Crippen molar-refractivity contribution >= 4 is 44.9 Å². The fourth-order valence-corrected chi connectivity index (χ4v) is 11.7. The van der Waals surface area contributed by atoms with Gasteiger partial charge in [0.2, 0.25) is 0 Å². The standard InChI is InChI=1S/C62H44N2/c1-61(2)52-29-14-11-26-47(52)49-37-35-44(39-56(49)61)64(43-23-7-4-8-24-43)59-34-18-32-55-60(59)51-28-13-16-31-54(51)62(55)53-30-15-12-27-48(53)50-38-36-45(40-57(50)62)63(42-21-5-3-6-22-42)58-33-17-20-41-19-9-10-25-46(41)58/h3-40H,1-2H3. The van der Waals surface area contributed by atoms with Crippen molar-refractivity contribution in [1.29, 1.82) is 0 Å². The number of para-hydroxylation sites is 2. The summed E-state index contributed by atoms with van der Waals surface area (Å²) in [6.07, 6.45) is 0. The van der Waals surface area contributed by atoms with E-state index in [0.717, 1.165) is 28.4 Å². The van der Waals surface area contributed by atoms with Crippen molar-refractivity contribution in [2.45, 2.75) is 24.7 Å². The third kappa shape index (κ3) is 5.02. The van der Waals surface area contributed by atoms with Crippen LogP contribution < -0.4 is 9.80 Å². The summed E-state index contributed by atoms with van der Waals surface area (Å²) in [4.78, 5) is 4.95. The molecule has 0 bridgehead atoms. The van der Waals surface area contributed by atoms with Gasteiger partial charge in [0.25, 0.3) is 0 Å². The number of benzene rings is 10. The molecule has 0 saturated carbocycles. The van der Waals surface area contributed by atoms with Crippen molar-refractivity contribution in [1.82, 2.24) is 0 Å². The second kappa shape index (κ2) is 13.8. The second-order valence-electron chi connectivity index (χ2n) is 18.0. The molecule has 1 unspecified atom stereocenters. The largest absolute Gasteiger partial charge is 0.310 e. The molecule has 10 aromatic carbocycles. The number of anilines is 6. The van der Waals surface area contributed by atoms with Gasteiger partial charge in [0, 0.05) is 39.1 Å². The highest BCUT2D eigenvalue weighted by molar-refractivity contribution is 6.03. The van der Waals surface area contributed by atoms with Crippen LogP contribution in [0.1, 0.15) is 47.2 Å². The Hall–Kier alpha value is -7.94. The van der Waals surface area contributed by atoms with E-state index >= 15 is 0 Å². The first kappa shape index (κ1) is 36.7. The minimum absolute atomic E-state index is 0.131. The highest BCUT2D eigenvalue weighted by Crippen LogP contribution is 2.65. The number of fused-ring (bicyclic) bond motifs is 14. The zero-order valence-electron chi connectivity index (χ0n) is 35.8. The molecule has 2 nitrogen and oxygen atoms in total. The quantitative estimate of drug-likeness (QED) is 0.165. The van der Waals surface area contributed by atoms with Crippen molar-refractivity contribution in [3.63, 3.8) is 0 Å². The van der Waals surface area contributed by atoms with Gasteiger partial charge in [0.05, 0.1) is 16.8 Å². The number of nitrogens with zero attached hydrogens (tertiary/aromatic N) is 2. The molecular weight excluding hydrogens is 773 g/mol. The summed E-state index contributed by atoms with van der Waals surface area (Å²) in [5, 5.41) is 2.44. The van der Waals surface area contributed by atoms with E-state index < -0.39 is 5.41 Å². The SMILES string of the molecule is CC1(C)c2ccccc2-c2ccc(N(c3ccccc3)c3cccc4c3-c3ccccc3C43c4ccccc4-c4ccc(N(c5ccccc5)c5cccc6ccccc56)cc43)cc21. The van der Waals surface area contributed by atoms with E-state index in [9.17, 15) is 0 Å². The summed E-state index contributed by atoms with van der Waals surface area (Å²) in [6.45, 7) is 4.74. The molecule has 1 spiro atoms. The van der Waals surface area contributed by atoms with E-state index in [1.165, 1.54) is 83.2 Å². The van der Waals surface area contributed by atoms with E-state index in [-0.39, 0.29) is 5.41 Å². The number of hydrogen-bond donors (Lipinski definition) is 0. The summed E-state index contributed by atoms with van der Waals surface area (Å²) in [5.41, 5.74) is 21.9. The molecule has 0 aliphatic heterocycles. The minimum Gasteiger partial charge on any atom is -0.310 e. The van der Waals surface area contributed by atoms with Gasteiger partial charge < -0.3 is 9.80 Å². The molecule has 0 heterocycles. The van der Waals surface area contributed by atoms with Crippen LogP contribution in [-0.4, -0.2) is 0 Å². The molecule has 2 heteroatoms. The second-order valence-corrected chi connectivity index (χ2v) is 18.0. The molecule has 0 aromatic heterocycles. The highest BCUT2D eigenvalue weighted by atomic mass is 15.2. The van der Waals surface area contributed by atoms with E-state index in [4.69, 9.17) is 0 Å². The van der Waals surface area contributed by atoms with Gasteiger partial charge in [-0.3, -0.25) is 0 Å². The van der Waals surface area contributed by atoms with E-state index in [1.807, 2.05) is 0 Å². The first-order valence-electron chi connectivity index (χ1n) is 22.4. The molecule has 0 N–H and O–H groups in total. The van der Waals surface area contributed by atoms with Crippen LogP contribution in [-0.2, 0) is 10.8 Å². The number of hydrogen-bond acceptors (Lipinski definition) is 2. The van der Waals surface area contributed by atoms with Gasteiger partial charge >= 0.3 is 0 Å². The van der Waals surface area contributed by atoms with Gasteiger partial charge in [-0.05, 0) is 127 Å². The monoisotopic (exact) mass is 816 g/mol. The molecule has 3 aliphatic rings. The lowest BCUT2D eigenvalue weighted by atomic mass is 9.70. The maximum absolute atomic E-state index is 2.50. The van der Waals surface area contributed by atoms with Crippen LogP contribution in [0.25, 0.3) is 44.2 Å². The minimum atomic E-state index is -0.561. The van der Waals surface area contributed by atoms with E-state index in [1.54, 1.807) is 0 Å². The fourth-order valence-electron chi connectivity index (χ4n) is 11.7. The van der Waals surface area contributed by atoms with Crippen molar-refractivity contribution in [3.8, 4) is 33.4 Å². The first-order chi connectivity index (χ1) is 31.5. The Morgan fingerprint density at radius 1 is 0.297 bits per heavy atom. The topological polar surface area (TPSA) is 6.48 Å². The summed E-state index contributed by atoms with van der Waals surface area (Å²) in [7, 11) is 0. The van der Waals surface area contributed by atoms with Gasteiger partial charge in [-0.2, -0.15) is 0 Å². The maximum Gasteiger partial charge on any atom is 0.0727 e. The predicted octanol–water partition coefficient (Wildman–Crippen LogP) is 16.4. The van der Waals surface area contributed by atoms with Crippen LogP contribution >= 0.6 is 0 Å². The third-order valence-electron chi connectivity index (χ3n) is 14.4. The molecular formula is C62H44N2. The van der Waals surface area contributed by atoms with Crippen molar-refractivity contribution in [3.05, 3.63) is 264 Å². The predicted molar refractivity (Wildman–Crippen MR) is 267 cm³/mol. The lowest BCUT2D eigenvalue weighted by molar-refractivity contribution is 0.660. The molecule has 10 aromatic rings. The smallest absolute Gasteiger partial charge is 0.0727 e. The van der Waals surface area contributed by atoms with Crippen LogP contribution in [0.4, 0.5) is 34.1 Å². The van der Waals surface area contributed by atoms with Crippen LogP contribution in [0.2, 0.25) is 0 Å². The van der Waals surface area contributed by atoms with Gasteiger partial charge in [-0.25, -0.2) is 0 Å². The zero-order chi connectivity index (χ0) is 42.6. The Bertz CT molecular complexity index is 3490. The van der Waals surface area contributed by atoms with Crippen molar-refractivity contribution < 1.29 is 0 Å². The Balaban J connectivity index is 1.07. The molecule has 1 atom stereocenters. The molecule has 64 heavy (non-hydrogen) atoms. The van der Waals surface area contributed by atoms with Gasteiger partial charge in [-0.15, -0.1) is 0 Å². The fraction of sp³-hybridized carbons (Fsp3) is 0.0645. The maximum atomic E-state index is 2.50. The third-order valence-corrected chi connectivity index (χ3v) is 14.4. The van der Waals surface area contributed by atoms with Gasteiger partial charge in [0.1, 0.15) is 0 Å². The van der Waals surface area contributed by atoms with Gasteiger partial charge in [0.15, 0.2) is 0 Å².